The first-order valence-corrected chi connectivity index (χ1v) is 13.2. The summed E-state index contributed by atoms with van der Waals surface area (Å²) in [7, 11) is -2.37. The van der Waals surface area contributed by atoms with E-state index in [0.717, 1.165) is 0 Å². The number of alkyl halides is 4. The summed E-state index contributed by atoms with van der Waals surface area (Å²) in [4.78, 5) is 15.2. The van der Waals surface area contributed by atoms with Crippen molar-refractivity contribution in [2.75, 3.05) is 26.6 Å². The van der Waals surface area contributed by atoms with Crippen molar-refractivity contribution in [3.8, 4) is 23.0 Å². The Morgan fingerprint density at radius 1 is 1.02 bits per heavy atom. The van der Waals surface area contributed by atoms with Crippen LogP contribution in [0.3, 0.4) is 0 Å². The predicted octanol–water partition coefficient (Wildman–Crippen LogP) is 3.79. The molecule has 2 aromatic carbocycles. The van der Waals surface area contributed by atoms with Crippen molar-refractivity contribution < 1.29 is 59.4 Å². The fourth-order valence-electron chi connectivity index (χ4n) is 3.80. The van der Waals surface area contributed by atoms with Crippen molar-refractivity contribution in [3.63, 3.8) is 0 Å². The number of nitrogens with zero attached hydrogens (tertiary/aromatic N) is 2. The largest absolute Gasteiger partial charge is 0.587 e. The second-order valence-corrected chi connectivity index (χ2v) is 10.2. The normalized spacial score (nSPS) is 21.7. The van der Waals surface area contributed by atoms with Crippen molar-refractivity contribution in [1.82, 2.24) is 9.55 Å². The van der Waals surface area contributed by atoms with Crippen LogP contribution in [-0.2, 0) is 13.8 Å². The third-order valence-electron chi connectivity index (χ3n) is 6.09. The number of methoxy groups -OCH3 is 2. The van der Waals surface area contributed by atoms with Crippen molar-refractivity contribution >= 4 is 13.6 Å². The number of rotatable bonds is 11. The third-order valence-corrected chi connectivity index (χ3v) is 7.40. The van der Waals surface area contributed by atoms with E-state index in [1.807, 2.05) is 0 Å². The first-order valence-electron chi connectivity index (χ1n) is 11.7. The van der Waals surface area contributed by atoms with Crippen LogP contribution in [0.15, 0.2) is 59.5 Å². The number of phosphoric ester groups is 1. The Labute approximate surface area is 233 Å². The lowest BCUT2D eigenvalue weighted by Gasteiger charge is -2.33. The number of anilines is 1. The Balaban J connectivity index is 1.69. The van der Waals surface area contributed by atoms with E-state index in [4.69, 9.17) is 33.5 Å². The zero-order valence-electron chi connectivity index (χ0n) is 21.7. The number of ether oxygens (including phenoxy) is 3. The molecule has 2 heterocycles. The fourth-order valence-corrected chi connectivity index (χ4v) is 5.06. The molecule has 0 unspecified atom stereocenters. The van der Waals surface area contributed by atoms with E-state index < -0.39 is 62.0 Å². The number of phosphoric acid groups is 1. The maximum atomic E-state index is 15.4. The summed E-state index contributed by atoms with van der Waals surface area (Å²) in [6, 6.07) is 10.5. The molecule has 42 heavy (non-hydrogen) atoms. The number of hydrogen-bond acceptors (Lipinski definition) is 11. The SMILES string of the molecule is COc1ccc(OP(=O)(OC[C@@]2(C(F)F)O[C@@H](n3cc(F)c(N)nc3=O)[C@H](O)C2(F)F)Oc2ccc(OC)cc2)cc1. The number of nitrogen functional groups attached to an aromatic ring is 1. The van der Waals surface area contributed by atoms with Crippen LogP contribution in [0.4, 0.5) is 27.8 Å². The summed E-state index contributed by atoms with van der Waals surface area (Å²) in [5.41, 5.74) is -0.366. The second kappa shape index (κ2) is 11.8. The van der Waals surface area contributed by atoms with Crippen molar-refractivity contribution in [3.05, 3.63) is 71.0 Å². The van der Waals surface area contributed by atoms with E-state index in [1.165, 1.54) is 62.8 Å². The molecule has 0 spiro atoms. The monoisotopic (exact) mass is 623 g/mol. The summed E-state index contributed by atoms with van der Waals surface area (Å²) in [6.45, 7) is -1.91. The van der Waals surface area contributed by atoms with E-state index in [2.05, 4.69) is 4.98 Å². The highest BCUT2D eigenvalue weighted by Crippen LogP contribution is 2.56. The van der Waals surface area contributed by atoms with E-state index in [0.29, 0.717) is 11.5 Å². The van der Waals surface area contributed by atoms with E-state index in [1.54, 1.807) is 0 Å². The molecule has 3 atom stereocenters. The van der Waals surface area contributed by atoms with Gasteiger partial charge in [-0.1, -0.05) is 0 Å². The van der Waals surface area contributed by atoms with Gasteiger partial charge in [-0.25, -0.2) is 22.5 Å². The lowest BCUT2D eigenvalue weighted by atomic mass is 9.95. The maximum Gasteiger partial charge on any atom is 0.587 e. The van der Waals surface area contributed by atoms with Crippen LogP contribution >= 0.6 is 7.82 Å². The molecule has 228 valence electrons. The minimum atomic E-state index is -5.10. The van der Waals surface area contributed by atoms with Crippen LogP contribution in [0.25, 0.3) is 0 Å². The lowest BCUT2D eigenvalue weighted by molar-refractivity contribution is -0.242. The summed E-state index contributed by atoms with van der Waals surface area (Å²) >= 11 is 0. The molecule has 0 aliphatic carbocycles. The smallest absolute Gasteiger partial charge is 0.497 e. The predicted molar refractivity (Wildman–Crippen MR) is 133 cm³/mol. The van der Waals surface area contributed by atoms with Crippen molar-refractivity contribution in [2.45, 2.75) is 30.3 Å². The summed E-state index contributed by atoms with van der Waals surface area (Å²) in [6.07, 6.45) is -9.62. The van der Waals surface area contributed by atoms with Crippen LogP contribution < -0.4 is 29.9 Å². The molecular formula is C24H23F5N3O9P. The van der Waals surface area contributed by atoms with Gasteiger partial charge >= 0.3 is 19.4 Å². The maximum absolute atomic E-state index is 15.4. The zero-order valence-corrected chi connectivity index (χ0v) is 22.6. The van der Waals surface area contributed by atoms with Gasteiger partial charge < -0.3 is 34.1 Å². The molecule has 3 N–H and O–H groups in total. The molecule has 3 aromatic rings. The van der Waals surface area contributed by atoms with Gasteiger partial charge in [-0.05, 0) is 48.5 Å². The van der Waals surface area contributed by atoms with Gasteiger partial charge in [-0.2, -0.15) is 13.8 Å². The van der Waals surface area contributed by atoms with E-state index in [9.17, 15) is 27.6 Å². The van der Waals surface area contributed by atoms with Gasteiger partial charge in [0.15, 0.2) is 24.0 Å². The molecule has 0 bridgehead atoms. The van der Waals surface area contributed by atoms with Crippen LogP contribution in [0.1, 0.15) is 6.23 Å². The van der Waals surface area contributed by atoms with E-state index in [-0.39, 0.29) is 22.3 Å². The molecule has 18 heteroatoms. The Morgan fingerprint density at radius 3 is 1.95 bits per heavy atom. The standard InChI is InChI=1S/C24H23F5N3O9P/c1-36-13-3-7-15(8-4-13)40-42(35,41-16-9-5-14(37-2)6-10-16)38-12-23(21(26)27)24(28,29)18(33)20(39-23)32-11-17(25)19(30)31-22(32)34/h3-11,18,20-21,33H,12H2,1-2H3,(H2,30,31,34)/t18-,20+,23-/m0/s1. The second-order valence-electron chi connectivity index (χ2n) is 8.68. The highest BCUT2D eigenvalue weighted by molar-refractivity contribution is 7.49. The number of aromatic nitrogens is 2. The van der Waals surface area contributed by atoms with Gasteiger partial charge in [-0.15, -0.1) is 0 Å². The average Bonchev–Trinajstić information content (AvgIpc) is 3.16. The Kier molecular flexibility index (Phi) is 8.68. The number of benzene rings is 2. The van der Waals surface area contributed by atoms with Crippen molar-refractivity contribution in [2.24, 2.45) is 0 Å². The highest BCUT2D eigenvalue weighted by atomic mass is 31.2. The molecular weight excluding hydrogens is 600 g/mol. The first kappa shape index (κ1) is 31.0. The van der Waals surface area contributed by atoms with Gasteiger partial charge in [0.1, 0.15) is 29.6 Å². The summed E-state index contributed by atoms with van der Waals surface area (Å²) in [5.74, 6) is -6.87. The van der Waals surface area contributed by atoms with Crippen LogP contribution in [-0.4, -0.2) is 59.5 Å². The lowest BCUT2D eigenvalue weighted by Crippen LogP contribution is -2.57. The minimum Gasteiger partial charge on any atom is -0.497 e. The number of aliphatic hydroxyl groups excluding tert-OH is 1. The molecule has 0 saturated carbocycles. The number of aliphatic hydroxyl groups is 1. The number of halogens is 5. The number of hydrogen-bond donors (Lipinski definition) is 2. The van der Waals surface area contributed by atoms with Crippen molar-refractivity contribution in [1.29, 1.82) is 0 Å². The van der Waals surface area contributed by atoms with Crippen LogP contribution in [0, 0.1) is 5.82 Å². The average molecular weight is 623 g/mol. The zero-order chi connectivity index (χ0) is 30.9. The molecule has 1 aliphatic heterocycles. The molecule has 1 saturated heterocycles. The fraction of sp³-hybridized carbons (Fsp3) is 0.333. The van der Waals surface area contributed by atoms with Gasteiger partial charge in [0.05, 0.1) is 20.4 Å². The number of nitrogens with two attached hydrogens (primary N) is 1. The topological polar surface area (TPSA) is 154 Å². The summed E-state index contributed by atoms with van der Waals surface area (Å²) < 4.78 is 118. The van der Waals surface area contributed by atoms with Gasteiger partial charge in [0.25, 0.3) is 6.43 Å². The molecule has 1 fully saturated rings. The Morgan fingerprint density at radius 2 is 1.50 bits per heavy atom. The highest BCUT2D eigenvalue weighted by Gasteiger charge is 2.74. The van der Waals surface area contributed by atoms with E-state index >= 15 is 8.78 Å². The molecule has 1 aliphatic rings. The Bertz CT molecular complexity index is 1460. The van der Waals surface area contributed by atoms with Crippen LogP contribution in [0.2, 0.25) is 0 Å². The molecule has 0 amide bonds. The molecule has 0 radical (unpaired) electrons. The van der Waals surface area contributed by atoms with Crippen LogP contribution in [0.5, 0.6) is 23.0 Å². The van der Waals surface area contributed by atoms with Gasteiger partial charge in [-0.3, -0.25) is 9.09 Å². The minimum absolute atomic E-state index is 0.0235. The van der Waals surface area contributed by atoms with Gasteiger partial charge in [0, 0.05) is 0 Å². The quantitative estimate of drug-likeness (QED) is 0.237. The van der Waals surface area contributed by atoms with Gasteiger partial charge in [0.2, 0.25) is 5.60 Å². The third kappa shape index (κ3) is 5.86. The molecule has 1 aromatic heterocycles. The first-order chi connectivity index (χ1) is 19.7. The molecule has 4 rings (SSSR count). The molecule has 12 nitrogen and oxygen atoms in total. The Hall–Kier alpha value is -3.92. The summed E-state index contributed by atoms with van der Waals surface area (Å²) in [5, 5.41) is 10.3.